The molecule has 0 saturated carbocycles. The Morgan fingerprint density at radius 3 is 2.75 bits per heavy atom. The number of anilines is 2. The molecule has 20 heavy (non-hydrogen) atoms. The summed E-state index contributed by atoms with van der Waals surface area (Å²) in [5, 5.41) is 2.63. The number of aromatic nitrogens is 1. The quantitative estimate of drug-likeness (QED) is 0.839. The third kappa shape index (κ3) is 2.85. The highest BCUT2D eigenvalue weighted by Crippen LogP contribution is 2.14. The Kier molecular flexibility index (Phi) is 3.84. The fraction of sp³-hybridized carbons (Fsp3) is 0.143. The van der Waals surface area contributed by atoms with Crippen molar-refractivity contribution in [1.82, 2.24) is 4.57 Å². The van der Waals surface area contributed by atoms with Gasteiger partial charge in [0, 0.05) is 24.4 Å². The van der Waals surface area contributed by atoms with Crippen molar-refractivity contribution in [3.05, 3.63) is 58.3 Å². The summed E-state index contributed by atoms with van der Waals surface area (Å²) in [6.45, 7) is 2.33. The first-order chi connectivity index (χ1) is 9.51. The summed E-state index contributed by atoms with van der Waals surface area (Å²) in [6.07, 6.45) is 1.55. The lowest BCUT2D eigenvalue weighted by atomic mass is 10.2. The van der Waals surface area contributed by atoms with Gasteiger partial charge in [0.15, 0.2) is 0 Å². The number of nitrogens with zero attached hydrogens (tertiary/aromatic N) is 1. The highest BCUT2D eigenvalue weighted by Gasteiger charge is 2.09. The minimum Gasteiger partial charge on any atom is -0.396 e. The Morgan fingerprint density at radius 2 is 2.10 bits per heavy atom. The largest absolute Gasteiger partial charge is 0.396 e. The average molecular weight is 275 g/mol. The Morgan fingerprint density at radius 1 is 1.35 bits per heavy atom. The van der Waals surface area contributed by atoms with E-state index in [4.69, 9.17) is 5.73 Å². The SMILES string of the molecule is CCn1cc(NC(=O)c2ccc(F)c(N)c2)ccc1=O. The van der Waals surface area contributed by atoms with Crippen LogP contribution in [0.1, 0.15) is 17.3 Å². The van der Waals surface area contributed by atoms with Gasteiger partial charge >= 0.3 is 0 Å². The number of carbonyl (C=O) groups excluding carboxylic acids is 1. The van der Waals surface area contributed by atoms with Crippen molar-refractivity contribution in [1.29, 1.82) is 0 Å². The zero-order valence-corrected chi connectivity index (χ0v) is 10.9. The van der Waals surface area contributed by atoms with Crippen LogP contribution >= 0.6 is 0 Å². The van der Waals surface area contributed by atoms with Gasteiger partial charge in [-0.1, -0.05) is 0 Å². The van der Waals surface area contributed by atoms with Gasteiger partial charge in [-0.2, -0.15) is 0 Å². The van der Waals surface area contributed by atoms with Crippen molar-refractivity contribution < 1.29 is 9.18 Å². The lowest BCUT2D eigenvalue weighted by Gasteiger charge is -2.08. The van der Waals surface area contributed by atoms with Gasteiger partial charge in [0.2, 0.25) is 0 Å². The summed E-state index contributed by atoms with van der Waals surface area (Å²) in [6, 6.07) is 6.63. The molecule has 0 aliphatic heterocycles. The topological polar surface area (TPSA) is 77.1 Å². The van der Waals surface area contributed by atoms with E-state index in [1.54, 1.807) is 6.20 Å². The zero-order chi connectivity index (χ0) is 14.7. The van der Waals surface area contributed by atoms with Gasteiger partial charge in [0.25, 0.3) is 11.5 Å². The van der Waals surface area contributed by atoms with Crippen LogP contribution in [0, 0.1) is 5.82 Å². The number of hydrogen-bond acceptors (Lipinski definition) is 3. The molecular formula is C14H14FN3O2. The Balaban J connectivity index is 2.23. The lowest BCUT2D eigenvalue weighted by Crippen LogP contribution is -2.19. The number of nitrogen functional groups attached to an aromatic ring is 1. The number of benzene rings is 1. The van der Waals surface area contributed by atoms with E-state index in [0.29, 0.717) is 12.2 Å². The molecule has 0 spiro atoms. The summed E-state index contributed by atoms with van der Waals surface area (Å²) >= 11 is 0. The van der Waals surface area contributed by atoms with Crippen LogP contribution in [0.4, 0.5) is 15.8 Å². The van der Waals surface area contributed by atoms with Gasteiger partial charge in [0.05, 0.1) is 11.4 Å². The normalized spacial score (nSPS) is 10.3. The standard InChI is InChI=1S/C14H14FN3O2/c1-2-18-8-10(4-6-13(18)19)17-14(20)9-3-5-11(15)12(16)7-9/h3-8H,2,16H2,1H3,(H,17,20). The van der Waals surface area contributed by atoms with E-state index in [1.807, 2.05) is 6.92 Å². The Hall–Kier alpha value is -2.63. The van der Waals surface area contributed by atoms with Crippen molar-refractivity contribution >= 4 is 17.3 Å². The van der Waals surface area contributed by atoms with Crippen molar-refractivity contribution in [2.24, 2.45) is 0 Å². The Labute approximate surface area is 114 Å². The molecule has 2 aromatic rings. The molecule has 0 radical (unpaired) electrons. The van der Waals surface area contributed by atoms with Crippen LogP contribution in [0.5, 0.6) is 0 Å². The first-order valence-electron chi connectivity index (χ1n) is 6.08. The van der Waals surface area contributed by atoms with Gasteiger partial charge in [-0.25, -0.2) is 4.39 Å². The molecular weight excluding hydrogens is 261 g/mol. The average Bonchev–Trinajstić information content (AvgIpc) is 2.43. The molecule has 0 atom stereocenters. The number of pyridine rings is 1. The number of rotatable bonds is 3. The third-order valence-corrected chi connectivity index (χ3v) is 2.84. The van der Waals surface area contributed by atoms with E-state index in [9.17, 15) is 14.0 Å². The van der Waals surface area contributed by atoms with Gasteiger partial charge in [-0.3, -0.25) is 9.59 Å². The minimum absolute atomic E-state index is 0.0869. The van der Waals surface area contributed by atoms with Crippen LogP contribution in [0.25, 0.3) is 0 Å². The van der Waals surface area contributed by atoms with Crippen LogP contribution in [0.3, 0.4) is 0 Å². The molecule has 1 amide bonds. The fourth-order valence-corrected chi connectivity index (χ4v) is 1.74. The van der Waals surface area contributed by atoms with E-state index in [1.165, 1.54) is 28.8 Å². The molecule has 1 aromatic heterocycles. The number of nitrogens with one attached hydrogen (secondary N) is 1. The first kappa shape index (κ1) is 13.8. The summed E-state index contributed by atoms with van der Waals surface area (Å²) in [7, 11) is 0. The summed E-state index contributed by atoms with van der Waals surface area (Å²) < 4.78 is 14.5. The predicted molar refractivity (Wildman–Crippen MR) is 75.1 cm³/mol. The van der Waals surface area contributed by atoms with Gasteiger partial charge < -0.3 is 15.6 Å². The van der Waals surface area contributed by atoms with Gasteiger partial charge in [-0.15, -0.1) is 0 Å². The second-order valence-electron chi connectivity index (χ2n) is 4.23. The second kappa shape index (κ2) is 5.56. The Bertz CT molecular complexity index is 710. The summed E-state index contributed by atoms with van der Waals surface area (Å²) in [5.74, 6) is -0.987. The molecule has 1 aromatic carbocycles. The lowest BCUT2D eigenvalue weighted by molar-refractivity contribution is 0.102. The van der Waals surface area contributed by atoms with Crippen molar-refractivity contribution in [3.8, 4) is 0 Å². The summed E-state index contributed by atoms with van der Waals surface area (Å²) in [4.78, 5) is 23.4. The molecule has 2 rings (SSSR count). The van der Waals surface area contributed by atoms with Gasteiger partial charge in [0.1, 0.15) is 5.82 Å². The number of aryl methyl sites for hydroxylation is 1. The van der Waals surface area contributed by atoms with E-state index in [0.717, 1.165) is 6.07 Å². The summed E-state index contributed by atoms with van der Waals surface area (Å²) in [5.41, 5.74) is 5.92. The molecule has 1 heterocycles. The number of nitrogens with two attached hydrogens (primary N) is 1. The molecule has 3 N–H and O–H groups in total. The number of halogens is 1. The van der Waals surface area contributed by atoms with Crippen LogP contribution in [0.15, 0.2) is 41.3 Å². The third-order valence-electron chi connectivity index (χ3n) is 2.84. The highest BCUT2D eigenvalue weighted by atomic mass is 19.1. The first-order valence-corrected chi connectivity index (χ1v) is 6.08. The van der Waals surface area contributed by atoms with Crippen molar-refractivity contribution in [3.63, 3.8) is 0 Å². The molecule has 5 nitrogen and oxygen atoms in total. The molecule has 0 fully saturated rings. The van der Waals surface area contributed by atoms with Crippen LogP contribution in [-0.4, -0.2) is 10.5 Å². The molecule has 104 valence electrons. The van der Waals surface area contributed by atoms with E-state index in [-0.39, 0.29) is 16.8 Å². The van der Waals surface area contributed by atoms with Crippen molar-refractivity contribution in [2.45, 2.75) is 13.5 Å². The second-order valence-corrected chi connectivity index (χ2v) is 4.23. The minimum atomic E-state index is -0.568. The van der Waals surface area contributed by atoms with Crippen LogP contribution in [-0.2, 0) is 6.54 Å². The van der Waals surface area contributed by atoms with E-state index in [2.05, 4.69) is 5.32 Å². The number of amides is 1. The monoisotopic (exact) mass is 275 g/mol. The zero-order valence-electron chi connectivity index (χ0n) is 10.9. The molecule has 6 heteroatoms. The molecule has 0 aliphatic carbocycles. The van der Waals surface area contributed by atoms with Crippen LogP contribution < -0.4 is 16.6 Å². The molecule has 0 saturated heterocycles. The maximum Gasteiger partial charge on any atom is 0.255 e. The van der Waals surface area contributed by atoms with E-state index >= 15 is 0 Å². The fourth-order valence-electron chi connectivity index (χ4n) is 1.74. The maximum atomic E-state index is 13.0. The molecule has 0 bridgehead atoms. The molecule has 0 unspecified atom stereocenters. The smallest absolute Gasteiger partial charge is 0.255 e. The number of hydrogen-bond donors (Lipinski definition) is 2. The van der Waals surface area contributed by atoms with Gasteiger partial charge in [-0.05, 0) is 31.2 Å². The molecule has 0 aliphatic rings. The van der Waals surface area contributed by atoms with Crippen LogP contribution in [0.2, 0.25) is 0 Å². The van der Waals surface area contributed by atoms with E-state index < -0.39 is 11.7 Å². The number of carbonyl (C=O) groups is 1. The maximum absolute atomic E-state index is 13.0. The van der Waals surface area contributed by atoms with Crippen molar-refractivity contribution in [2.75, 3.05) is 11.1 Å². The highest BCUT2D eigenvalue weighted by molar-refractivity contribution is 6.04. The predicted octanol–water partition coefficient (Wildman–Crippen LogP) is 1.84.